The van der Waals surface area contributed by atoms with Crippen molar-refractivity contribution in [2.45, 2.75) is 39.6 Å². The first kappa shape index (κ1) is 32.5. The van der Waals surface area contributed by atoms with Crippen molar-refractivity contribution in [2.75, 3.05) is 13.2 Å². The summed E-state index contributed by atoms with van der Waals surface area (Å²) in [5.41, 5.74) is 5.66. The lowest BCUT2D eigenvalue weighted by atomic mass is 10.2. The number of fused-ring (bicyclic) bond motifs is 2. The number of aryl methyl sites for hydroxylation is 1. The van der Waals surface area contributed by atoms with Gasteiger partial charge in [0.25, 0.3) is 0 Å². The maximum Gasteiger partial charge on any atom is 0.373 e. The summed E-state index contributed by atoms with van der Waals surface area (Å²) in [5, 5.41) is 9.23. The van der Waals surface area contributed by atoms with Crippen LogP contribution in [0, 0.1) is 6.92 Å². The number of hydrogen-bond donors (Lipinski definition) is 1. The Bertz CT molecular complexity index is 1790. The average molecular weight is 611 g/mol. The van der Waals surface area contributed by atoms with E-state index in [2.05, 4.69) is 19.9 Å². The Labute approximate surface area is 259 Å². The van der Waals surface area contributed by atoms with Gasteiger partial charge >= 0.3 is 6.15 Å². The average Bonchev–Trinajstić information content (AvgIpc) is 3.88. The van der Waals surface area contributed by atoms with Gasteiger partial charge in [-0.2, -0.15) is 9.59 Å². The number of aliphatic hydroxyl groups is 1. The Morgan fingerprint density at radius 2 is 1.29 bits per heavy atom. The van der Waals surface area contributed by atoms with Gasteiger partial charge in [0, 0.05) is 79.5 Å². The lowest BCUT2D eigenvalue weighted by Gasteiger charge is -2.09. The molecule has 45 heavy (non-hydrogen) atoms. The molecule has 0 radical (unpaired) electrons. The highest BCUT2D eigenvalue weighted by atomic mass is 16.5. The van der Waals surface area contributed by atoms with E-state index in [9.17, 15) is 5.11 Å². The van der Waals surface area contributed by atoms with Crippen molar-refractivity contribution in [3.8, 4) is 11.5 Å². The van der Waals surface area contributed by atoms with Crippen molar-refractivity contribution in [3.63, 3.8) is 0 Å². The minimum atomic E-state index is -0.0641. The number of carbonyl (C=O) groups excluding carboxylic acids is 2. The molecule has 7 rings (SSSR count). The Kier molecular flexibility index (Phi) is 12.7. The molecule has 1 saturated heterocycles. The van der Waals surface area contributed by atoms with Crippen molar-refractivity contribution in [1.82, 2.24) is 28.7 Å². The van der Waals surface area contributed by atoms with Crippen LogP contribution >= 0.6 is 0 Å². The monoisotopic (exact) mass is 610 g/mol. The summed E-state index contributed by atoms with van der Waals surface area (Å²) in [6.07, 6.45) is 20.8. The minimum Gasteiger partial charge on any atom is -0.487 e. The third-order valence-corrected chi connectivity index (χ3v) is 6.63. The van der Waals surface area contributed by atoms with Gasteiger partial charge in [0.1, 0.15) is 36.0 Å². The maximum absolute atomic E-state index is 9.23. The topological polar surface area (TPSA) is 142 Å². The number of pyridine rings is 4. The van der Waals surface area contributed by atoms with Gasteiger partial charge in [-0.1, -0.05) is 12.1 Å². The normalized spacial score (nSPS) is 11.7. The summed E-state index contributed by atoms with van der Waals surface area (Å²) in [4.78, 5) is 32.9. The molecule has 0 spiro atoms. The molecule has 1 aliphatic heterocycles. The summed E-state index contributed by atoms with van der Waals surface area (Å²) in [6.45, 7) is 4.83. The molecule has 0 aromatic carbocycles. The first-order valence-corrected chi connectivity index (χ1v) is 14.2. The van der Waals surface area contributed by atoms with E-state index in [4.69, 9.17) is 23.8 Å². The van der Waals surface area contributed by atoms with Crippen LogP contribution in [0.15, 0.2) is 98.4 Å². The van der Waals surface area contributed by atoms with Crippen LogP contribution in [-0.4, -0.2) is 53.2 Å². The largest absolute Gasteiger partial charge is 0.487 e. The van der Waals surface area contributed by atoms with Gasteiger partial charge in [-0.05, 0) is 49.6 Å². The molecule has 232 valence electrons. The van der Waals surface area contributed by atoms with Crippen molar-refractivity contribution >= 4 is 17.4 Å². The number of rotatable bonds is 7. The van der Waals surface area contributed by atoms with Gasteiger partial charge in [0.05, 0.1) is 19.0 Å². The molecular formula is C33H34N6O6. The smallest absolute Gasteiger partial charge is 0.373 e. The van der Waals surface area contributed by atoms with E-state index in [1.165, 1.54) is 12.8 Å². The first-order valence-electron chi connectivity index (χ1n) is 14.2. The number of ether oxygens (including phenoxy) is 3. The summed E-state index contributed by atoms with van der Waals surface area (Å²) in [5.74, 6) is 1.41. The van der Waals surface area contributed by atoms with Crippen molar-refractivity contribution in [3.05, 3.63) is 121 Å². The van der Waals surface area contributed by atoms with E-state index in [0.29, 0.717) is 19.0 Å². The van der Waals surface area contributed by atoms with Crippen molar-refractivity contribution < 1.29 is 28.9 Å². The van der Waals surface area contributed by atoms with Crippen LogP contribution in [0.25, 0.3) is 11.3 Å². The zero-order valence-corrected chi connectivity index (χ0v) is 24.9. The van der Waals surface area contributed by atoms with Gasteiger partial charge in [-0.15, -0.1) is 0 Å². The highest BCUT2D eigenvalue weighted by Gasteiger charge is 2.07. The highest BCUT2D eigenvalue weighted by Crippen LogP contribution is 2.20. The molecular weight excluding hydrogens is 576 g/mol. The summed E-state index contributed by atoms with van der Waals surface area (Å²) >= 11 is 0. The molecule has 6 aromatic heterocycles. The Balaban J connectivity index is 0.000000165. The number of hydrogen-bond acceptors (Lipinski definition) is 10. The van der Waals surface area contributed by atoms with E-state index in [1.54, 1.807) is 43.2 Å². The molecule has 12 heteroatoms. The molecule has 1 N–H and O–H groups in total. The van der Waals surface area contributed by atoms with Crippen molar-refractivity contribution in [1.29, 1.82) is 0 Å². The second-order valence-corrected chi connectivity index (χ2v) is 9.65. The van der Waals surface area contributed by atoms with E-state index in [1.807, 2.05) is 70.8 Å². The first-order chi connectivity index (χ1) is 22.1. The highest BCUT2D eigenvalue weighted by molar-refractivity contribution is 5.48. The summed E-state index contributed by atoms with van der Waals surface area (Å²) in [7, 11) is 0. The molecule has 0 bridgehead atoms. The predicted octanol–water partition coefficient (Wildman–Crippen LogP) is 4.63. The lowest BCUT2D eigenvalue weighted by Crippen LogP contribution is -2.01. The van der Waals surface area contributed by atoms with Gasteiger partial charge in [-0.3, -0.25) is 9.97 Å². The van der Waals surface area contributed by atoms with Gasteiger partial charge in [0.2, 0.25) is 0 Å². The standard InChI is InChI=1S/C14H13N3O2.C14H13N3O.C4H8O.CO2/c18-9-11-3-4-15-8-13(11)19-10-12-2-1-6-17-7-5-16-14(12)17;1-11-4-5-15-9-13(11)18-10-12-3-2-7-17-8-6-16-14(12)17;1-2-4-5-3-1;2-1-3/h1-8,18H,9-10H2;2-9H,10H2,1H3;1-4H2;. The van der Waals surface area contributed by atoms with E-state index < -0.39 is 0 Å². The third-order valence-electron chi connectivity index (χ3n) is 6.63. The van der Waals surface area contributed by atoms with E-state index >= 15 is 0 Å². The van der Waals surface area contributed by atoms with Crippen LogP contribution < -0.4 is 9.47 Å². The number of aliphatic hydroxyl groups excluding tert-OH is 1. The molecule has 0 atom stereocenters. The Morgan fingerprint density at radius 1 is 0.756 bits per heavy atom. The Morgan fingerprint density at radius 3 is 1.80 bits per heavy atom. The van der Waals surface area contributed by atoms with E-state index in [0.717, 1.165) is 52.5 Å². The van der Waals surface area contributed by atoms with Crippen LogP contribution in [0.5, 0.6) is 11.5 Å². The molecule has 0 saturated carbocycles. The van der Waals surface area contributed by atoms with Crippen LogP contribution in [-0.2, 0) is 34.1 Å². The quantitative estimate of drug-likeness (QED) is 0.272. The van der Waals surface area contributed by atoms with Gasteiger partial charge < -0.3 is 28.1 Å². The number of aromatic nitrogens is 6. The lowest BCUT2D eigenvalue weighted by molar-refractivity contribution is -0.191. The zero-order chi connectivity index (χ0) is 31.7. The molecule has 1 fully saturated rings. The predicted molar refractivity (Wildman–Crippen MR) is 163 cm³/mol. The molecule has 1 aliphatic rings. The molecule has 0 amide bonds. The van der Waals surface area contributed by atoms with Crippen molar-refractivity contribution in [2.24, 2.45) is 0 Å². The second-order valence-electron chi connectivity index (χ2n) is 9.65. The zero-order valence-electron chi connectivity index (χ0n) is 24.9. The maximum atomic E-state index is 9.23. The fourth-order valence-corrected chi connectivity index (χ4v) is 4.33. The van der Waals surface area contributed by atoms with Crippen LogP contribution in [0.1, 0.15) is 35.1 Å². The summed E-state index contributed by atoms with van der Waals surface area (Å²) in [6, 6.07) is 11.6. The SMILES string of the molecule is C1CCOC1.Cc1ccncc1OCc1cccn2ccnc12.O=C=O.OCc1ccncc1OCc1cccn2ccnc12. The Hall–Kier alpha value is -5.42. The number of nitrogens with zero attached hydrogens (tertiary/aromatic N) is 6. The molecule has 0 unspecified atom stereocenters. The van der Waals surface area contributed by atoms with Gasteiger partial charge in [-0.25, -0.2) is 9.97 Å². The van der Waals surface area contributed by atoms with Gasteiger partial charge in [0.15, 0.2) is 0 Å². The third kappa shape index (κ3) is 9.54. The fourth-order valence-electron chi connectivity index (χ4n) is 4.33. The van der Waals surface area contributed by atoms with Crippen LogP contribution in [0.4, 0.5) is 0 Å². The second kappa shape index (κ2) is 17.6. The molecule has 7 heterocycles. The molecule has 12 nitrogen and oxygen atoms in total. The minimum absolute atomic E-state index is 0.0641. The van der Waals surface area contributed by atoms with Crippen LogP contribution in [0.3, 0.4) is 0 Å². The number of imidazole rings is 2. The van der Waals surface area contributed by atoms with E-state index in [-0.39, 0.29) is 12.8 Å². The molecule has 6 aromatic rings. The molecule has 0 aliphatic carbocycles. The van der Waals surface area contributed by atoms with Crippen LogP contribution in [0.2, 0.25) is 0 Å². The summed E-state index contributed by atoms with van der Waals surface area (Å²) < 4.78 is 20.4. The fraction of sp³-hybridized carbons (Fsp3) is 0.242.